The SMILES string of the molecule is C[C@H](Nc1ncnc(N)c1C#N)c1cc2ncc(Cl)n2nc1-c1ccccc1.S. The fourth-order valence-corrected chi connectivity index (χ4v) is 3.13. The molecule has 0 unspecified atom stereocenters. The third-order valence-electron chi connectivity index (χ3n) is 4.34. The minimum atomic E-state index is -0.246. The van der Waals surface area contributed by atoms with Crippen LogP contribution in [0.25, 0.3) is 16.9 Å². The van der Waals surface area contributed by atoms with Gasteiger partial charge in [0.15, 0.2) is 10.8 Å². The summed E-state index contributed by atoms with van der Waals surface area (Å²) in [7, 11) is 0. The average Bonchev–Trinajstić information content (AvgIpc) is 3.08. The number of nitrogen functional groups attached to an aromatic ring is 1. The lowest BCUT2D eigenvalue weighted by atomic mass is 10.0. The molecule has 10 heteroatoms. The molecule has 29 heavy (non-hydrogen) atoms. The standard InChI is InChI=1S/C19H15ClN8.H2S/c1-11(26-19-14(8-21)18(22)24-10-25-19)13-7-16-23-9-15(20)28(16)27-17(13)12-5-3-2-4-6-12;/h2-7,9-11H,1H3,(H3,22,24,25,26);1H2/t11-;/m0./s1. The van der Waals surface area contributed by atoms with Gasteiger partial charge >= 0.3 is 0 Å². The molecule has 0 aliphatic heterocycles. The van der Waals surface area contributed by atoms with Crippen LogP contribution in [0, 0.1) is 11.3 Å². The van der Waals surface area contributed by atoms with Crippen molar-refractivity contribution in [2.75, 3.05) is 11.1 Å². The number of nitrogens with two attached hydrogens (primary N) is 1. The smallest absolute Gasteiger partial charge is 0.155 e. The van der Waals surface area contributed by atoms with Gasteiger partial charge in [-0.15, -0.1) is 0 Å². The fourth-order valence-electron chi connectivity index (χ4n) is 2.95. The van der Waals surface area contributed by atoms with Crippen molar-refractivity contribution in [3.05, 3.63) is 65.2 Å². The van der Waals surface area contributed by atoms with Crippen LogP contribution in [0.4, 0.5) is 11.6 Å². The van der Waals surface area contributed by atoms with Crippen molar-refractivity contribution in [3.8, 4) is 17.3 Å². The maximum Gasteiger partial charge on any atom is 0.155 e. The summed E-state index contributed by atoms with van der Waals surface area (Å²) in [5.41, 5.74) is 9.17. The number of imidazole rings is 1. The molecule has 3 heterocycles. The largest absolute Gasteiger partial charge is 0.382 e. The Hall–Kier alpha value is -3.35. The average molecular weight is 425 g/mol. The summed E-state index contributed by atoms with van der Waals surface area (Å²) in [6.45, 7) is 1.95. The molecule has 0 bridgehead atoms. The second-order valence-electron chi connectivity index (χ2n) is 6.13. The molecule has 0 aliphatic rings. The van der Waals surface area contributed by atoms with Gasteiger partial charge in [-0.3, -0.25) is 0 Å². The van der Waals surface area contributed by atoms with Crippen LogP contribution in [-0.4, -0.2) is 24.6 Å². The number of hydrogen-bond donors (Lipinski definition) is 2. The molecule has 0 saturated carbocycles. The van der Waals surface area contributed by atoms with E-state index in [0.29, 0.717) is 16.6 Å². The molecule has 3 N–H and O–H groups in total. The Balaban J connectivity index is 0.00000240. The Kier molecular flexibility index (Phi) is 5.87. The van der Waals surface area contributed by atoms with Crippen LogP contribution in [0.1, 0.15) is 24.1 Å². The summed E-state index contributed by atoms with van der Waals surface area (Å²) in [6.07, 6.45) is 2.87. The number of fused-ring (bicyclic) bond motifs is 1. The minimum absolute atomic E-state index is 0. The lowest BCUT2D eigenvalue weighted by Crippen LogP contribution is -2.13. The van der Waals surface area contributed by atoms with Crippen LogP contribution in [-0.2, 0) is 0 Å². The maximum absolute atomic E-state index is 9.37. The van der Waals surface area contributed by atoms with E-state index >= 15 is 0 Å². The van der Waals surface area contributed by atoms with Crippen LogP contribution < -0.4 is 11.1 Å². The number of aromatic nitrogens is 5. The van der Waals surface area contributed by atoms with Crippen molar-refractivity contribution in [1.82, 2.24) is 24.6 Å². The van der Waals surface area contributed by atoms with Gasteiger partial charge in [-0.05, 0) is 13.0 Å². The second-order valence-corrected chi connectivity index (χ2v) is 6.51. The van der Waals surface area contributed by atoms with Crippen LogP contribution >= 0.6 is 25.1 Å². The molecule has 0 saturated heterocycles. The Morgan fingerprint density at radius 3 is 2.69 bits per heavy atom. The van der Waals surface area contributed by atoms with Gasteiger partial charge in [-0.1, -0.05) is 41.9 Å². The third-order valence-corrected chi connectivity index (χ3v) is 4.59. The molecule has 146 valence electrons. The normalized spacial score (nSPS) is 11.5. The van der Waals surface area contributed by atoms with Gasteiger partial charge in [0.1, 0.15) is 29.6 Å². The number of nitrogens with one attached hydrogen (secondary N) is 1. The number of halogens is 1. The number of nitrogens with zero attached hydrogens (tertiary/aromatic N) is 6. The highest BCUT2D eigenvalue weighted by atomic mass is 35.5. The highest BCUT2D eigenvalue weighted by Crippen LogP contribution is 2.30. The first-order chi connectivity index (χ1) is 13.6. The molecule has 0 radical (unpaired) electrons. The summed E-state index contributed by atoms with van der Waals surface area (Å²) in [5.74, 6) is 0.492. The van der Waals surface area contributed by atoms with E-state index in [1.165, 1.54) is 6.33 Å². The molecule has 4 rings (SSSR count). The zero-order valence-electron chi connectivity index (χ0n) is 15.3. The molecule has 0 aliphatic carbocycles. The van der Waals surface area contributed by atoms with E-state index < -0.39 is 0 Å². The van der Waals surface area contributed by atoms with Crippen LogP contribution in [0.3, 0.4) is 0 Å². The van der Waals surface area contributed by atoms with Gasteiger partial charge in [-0.2, -0.15) is 23.9 Å². The number of anilines is 2. The summed E-state index contributed by atoms with van der Waals surface area (Å²) >= 11 is 6.21. The van der Waals surface area contributed by atoms with E-state index in [0.717, 1.165) is 16.8 Å². The van der Waals surface area contributed by atoms with E-state index in [2.05, 4.69) is 25.4 Å². The summed E-state index contributed by atoms with van der Waals surface area (Å²) < 4.78 is 1.59. The highest BCUT2D eigenvalue weighted by Gasteiger charge is 2.19. The van der Waals surface area contributed by atoms with Gasteiger partial charge in [0, 0.05) is 11.1 Å². The molecule has 0 spiro atoms. The van der Waals surface area contributed by atoms with Crippen LogP contribution in [0.5, 0.6) is 0 Å². The van der Waals surface area contributed by atoms with E-state index in [1.54, 1.807) is 10.7 Å². The minimum Gasteiger partial charge on any atom is -0.382 e. The molecule has 0 amide bonds. The summed E-state index contributed by atoms with van der Waals surface area (Å²) in [6, 6.07) is 13.5. The number of benzene rings is 1. The molecular weight excluding hydrogens is 408 g/mol. The molecule has 1 aromatic carbocycles. The molecule has 1 atom stereocenters. The van der Waals surface area contributed by atoms with Gasteiger partial charge in [0.25, 0.3) is 0 Å². The molecular formula is C19H17ClN8S. The Labute approximate surface area is 178 Å². The predicted molar refractivity (Wildman–Crippen MR) is 117 cm³/mol. The second kappa shape index (κ2) is 8.34. The Morgan fingerprint density at radius 2 is 1.97 bits per heavy atom. The molecule has 4 aromatic rings. The highest BCUT2D eigenvalue weighted by molar-refractivity contribution is 7.59. The van der Waals surface area contributed by atoms with E-state index in [-0.39, 0.29) is 30.9 Å². The van der Waals surface area contributed by atoms with Crippen molar-refractivity contribution < 1.29 is 0 Å². The lowest BCUT2D eigenvalue weighted by molar-refractivity contribution is 0.840. The summed E-state index contributed by atoms with van der Waals surface area (Å²) in [5, 5.41) is 17.7. The Morgan fingerprint density at radius 1 is 1.21 bits per heavy atom. The first-order valence-corrected chi connectivity index (χ1v) is 8.83. The van der Waals surface area contributed by atoms with Crippen LogP contribution in [0.15, 0.2) is 48.9 Å². The zero-order chi connectivity index (χ0) is 19.7. The third kappa shape index (κ3) is 3.81. The van der Waals surface area contributed by atoms with Crippen LogP contribution in [0.2, 0.25) is 5.15 Å². The quantitative estimate of drug-likeness (QED) is 0.514. The van der Waals surface area contributed by atoms with Gasteiger partial charge < -0.3 is 11.1 Å². The molecule has 8 nitrogen and oxygen atoms in total. The summed E-state index contributed by atoms with van der Waals surface area (Å²) in [4.78, 5) is 12.3. The number of nitriles is 1. The monoisotopic (exact) mass is 424 g/mol. The topological polar surface area (TPSA) is 118 Å². The van der Waals surface area contributed by atoms with Gasteiger partial charge in [0.2, 0.25) is 0 Å². The molecule has 3 aromatic heterocycles. The Bertz CT molecular complexity index is 1200. The van der Waals surface area contributed by atoms with E-state index in [1.807, 2.05) is 49.4 Å². The first kappa shape index (κ1) is 20.4. The van der Waals surface area contributed by atoms with Crippen molar-refractivity contribution >= 4 is 42.4 Å². The van der Waals surface area contributed by atoms with E-state index in [4.69, 9.17) is 17.3 Å². The van der Waals surface area contributed by atoms with E-state index in [9.17, 15) is 5.26 Å². The number of rotatable bonds is 4. The van der Waals surface area contributed by atoms with Gasteiger partial charge in [0.05, 0.1) is 17.9 Å². The number of hydrogen-bond acceptors (Lipinski definition) is 7. The van der Waals surface area contributed by atoms with Crippen molar-refractivity contribution in [2.24, 2.45) is 0 Å². The van der Waals surface area contributed by atoms with Crippen molar-refractivity contribution in [2.45, 2.75) is 13.0 Å². The van der Waals surface area contributed by atoms with Gasteiger partial charge in [-0.25, -0.2) is 19.5 Å². The molecule has 0 fully saturated rings. The maximum atomic E-state index is 9.37. The predicted octanol–water partition coefficient (Wildman–Crippen LogP) is 3.58. The van der Waals surface area contributed by atoms with Crippen molar-refractivity contribution in [1.29, 1.82) is 5.26 Å². The zero-order valence-corrected chi connectivity index (χ0v) is 17.1. The fraction of sp³-hybridized carbons (Fsp3) is 0.105. The first-order valence-electron chi connectivity index (χ1n) is 8.45. The lowest BCUT2D eigenvalue weighted by Gasteiger charge is -2.19. The van der Waals surface area contributed by atoms with Crippen molar-refractivity contribution in [3.63, 3.8) is 0 Å².